The summed E-state index contributed by atoms with van der Waals surface area (Å²) < 4.78 is 29.0. The molecule has 0 aliphatic rings. The lowest BCUT2D eigenvalue weighted by Crippen LogP contribution is -2.19. The van der Waals surface area contributed by atoms with E-state index >= 15 is 0 Å². The van der Waals surface area contributed by atoms with Crippen LogP contribution in [0.25, 0.3) is 11.3 Å². The Hall–Kier alpha value is -1.91. The van der Waals surface area contributed by atoms with Crippen LogP contribution in [0.15, 0.2) is 18.2 Å². The third kappa shape index (κ3) is 2.91. The van der Waals surface area contributed by atoms with Gasteiger partial charge < -0.3 is 10.3 Å². The maximum atomic E-state index is 14.0. The predicted molar refractivity (Wildman–Crippen MR) is 81.0 cm³/mol. The zero-order valence-electron chi connectivity index (χ0n) is 12.9. The molecule has 0 saturated heterocycles. The van der Waals surface area contributed by atoms with Gasteiger partial charge >= 0.3 is 0 Å². The van der Waals surface area contributed by atoms with Crippen molar-refractivity contribution in [2.75, 3.05) is 5.73 Å². The zero-order valence-corrected chi connectivity index (χ0v) is 12.9. The summed E-state index contributed by atoms with van der Waals surface area (Å²) in [4.78, 5) is 4.54. The summed E-state index contributed by atoms with van der Waals surface area (Å²) in [6, 6.07) is 3.45. The number of nitrogens with two attached hydrogens (primary N) is 1. The first kappa shape index (κ1) is 15.5. The number of hydrogen-bond acceptors (Lipinski definition) is 2. The Morgan fingerprint density at radius 3 is 2.43 bits per heavy atom. The molecular formula is C16H21F2N3. The molecule has 0 aliphatic heterocycles. The first-order valence-electron chi connectivity index (χ1n) is 7.07. The van der Waals surface area contributed by atoms with Gasteiger partial charge in [-0.3, -0.25) is 0 Å². The van der Waals surface area contributed by atoms with Crippen molar-refractivity contribution in [3.05, 3.63) is 35.7 Å². The Morgan fingerprint density at radius 2 is 1.90 bits per heavy atom. The highest BCUT2D eigenvalue weighted by atomic mass is 19.1. The highest BCUT2D eigenvalue weighted by Gasteiger charge is 2.26. The topological polar surface area (TPSA) is 43.8 Å². The summed E-state index contributed by atoms with van der Waals surface area (Å²) in [5.41, 5.74) is 6.57. The number of imidazole rings is 1. The third-order valence-electron chi connectivity index (χ3n) is 3.31. The van der Waals surface area contributed by atoms with Crippen LogP contribution < -0.4 is 5.73 Å². The number of hydrogen-bond donors (Lipinski definition) is 1. The van der Waals surface area contributed by atoms with Crippen LogP contribution in [0.3, 0.4) is 0 Å². The number of benzene rings is 1. The van der Waals surface area contributed by atoms with Crippen molar-refractivity contribution < 1.29 is 8.78 Å². The molecule has 2 rings (SSSR count). The van der Waals surface area contributed by atoms with E-state index in [0.29, 0.717) is 18.1 Å². The SMILES string of the molecule is CCCn1c(C(C)(C)C)nc(-c2ccc(F)cc2F)c1N. The van der Waals surface area contributed by atoms with Crippen molar-refractivity contribution in [3.8, 4) is 11.3 Å². The van der Waals surface area contributed by atoms with E-state index in [-0.39, 0.29) is 11.0 Å². The quantitative estimate of drug-likeness (QED) is 0.925. The molecule has 1 heterocycles. The number of rotatable bonds is 3. The molecule has 0 atom stereocenters. The molecule has 5 heteroatoms. The number of aromatic nitrogens is 2. The molecule has 0 radical (unpaired) electrons. The monoisotopic (exact) mass is 293 g/mol. The third-order valence-corrected chi connectivity index (χ3v) is 3.31. The molecular weight excluding hydrogens is 272 g/mol. The molecule has 114 valence electrons. The van der Waals surface area contributed by atoms with E-state index in [0.717, 1.165) is 18.3 Å². The lowest BCUT2D eigenvalue weighted by Gasteiger charge is -2.19. The molecule has 0 amide bonds. The number of nitrogen functional groups attached to an aromatic ring is 1. The Labute approximate surface area is 123 Å². The van der Waals surface area contributed by atoms with Gasteiger partial charge in [0, 0.05) is 23.6 Å². The second-order valence-electron chi connectivity index (χ2n) is 6.20. The van der Waals surface area contributed by atoms with Crippen molar-refractivity contribution >= 4 is 5.82 Å². The van der Waals surface area contributed by atoms with Crippen LogP contribution in [0.2, 0.25) is 0 Å². The van der Waals surface area contributed by atoms with Gasteiger partial charge in [0.05, 0.1) is 0 Å². The van der Waals surface area contributed by atoms with E-state index in [1.807, 2.05) is 32.3 Å². The summed E-state index contributed by atoms with van der Waals surface area (Å²) >= 11 is 0. The molecule has 1 aromatic heterocycles. The minimum Gasteiger partial charge on any atom is -0.383 e. The molecule has 0 bridgehead atoms. The number of anilines is 1. The Morgan fingerprint density at radius 1 is 1.24 bits per heavy atom. The van der Waals surface area contributed by atoms with Gasteiger partial charge in [0.2, 0.25) is 0 Å². The fraction of sp³-hybridized carbons (Fsp3) is 0.438. The van der Waals surface area contributed by atoms with Crippen LogP contribution in [0.1, 0.15) is 39.9 Å². The van der Waals surface area contributed by atoms with Gasteiger partial charge in [0.1, 0.15) is 29.0 Å². The Bertz CT molecular complexity index is 654. The van der Waals surface area contributed by atoms with E-state index in [2.05, 4.69) is 4.98 Å². The molecule has 0 spiro atoms. The van der Waals surface area contributed by atoms with Crippen molar-refractivity contribution in [2.24, 2.45) is 0 Å². The average Bonchev–Trinajstić information content (AvgIpc) is 2.68. The second kappa shape index (κ2) is 5.47. The van der Waals surface area contributed by atoms with Crippen molar-refractivity contribution in [2.45, 2.75) is 46.1 Å². The normalized spacial score (nSPS) is 11.9. The largest absolute Gasteiger partial charge is 0.383 e. The first-order chi connectivity index (χ1) is 9.75. The van der Waals surface area contributed by atoms with Crippen LogP contribution >= 0.6 is 0 Å². The Balaban J connectivity index is 2.65. The summed E-state index contributed by atoms with van der Waals surface area (Å²) in [6.07, 6.45) is 0.898. The fourth-order valence-electron chi connectivity index (χ4n) is 2.37. The zero-order chi connectivity index (χ0) is 15.8. The Kier molecular flexibility index (Phi) is 4.03. The van der Waals surface area contributed by atoms with Crippen molar-refractivity contribution in [3.63, 3.8) is 0 Å². The van der Waals surface area contributed by atoms with Crippen molar-refractivity contribution in [1.29, 1.82) is 0 Å². The second-order valence-corrected chi connectivity index (χ2v) is 6.20. The molecule has 2 N–H and O–H groups in total. The number of nitrogens with zero attached hydrogens (tertiary/aromatic N) is 2. The van der Waals surface area contributed by atoms with Crippen LogP contribution in [0.5, 0.6) is 0 Å². The van der Waals surface area contributed by atoms with Gasteiger partial charge in [-0.05, 0) is 18.6 Å². The smallest absolute Gasteiger partial charge is 0.135 e. The van der Waals surface area contributed by atoms with Gasteiger partial charge in [0.15, 0.2) is 0 Å². The maximum absolute atomic E-state index is 14.0. The molecule has 2 aromatic rings. The van der Waals surface area contributed by atoms with Gasteiger partial charge in [-0.1, -0.05) is 27.7 Å². The van der Waals surface area contributed by atoms with E-state index in [1.165, 1.54) is 12.1 Å². The molecule has 21 heavy (non-hydrogen) atoms. The standard InChI is InChI=1S/C16H21F2N3/c1-5-8-21-14(19)13(20-15(21)16(2,3)4)11-7-6-10(17)9-12(11)18/h6-7,9H,5,8,19H2,1-4H3. The van der Waals surface area contributed by atoms with E-state index < -0.39 is 11.6 Å². The molecule has 0 saturated carbocycles. The predicted octanol–water partition coefficient (Wildman–Crippen LogP) is 4.12. The minimum absolute atomic E-state index is 0.210. The van der Waals surface area contributed by atoms with Crippen LogP contribution in [-0.2, 0) is 12.0 Å². The summed E-state index contributed by atoms with van der Waals surface area (Å²) in [5, 5.41) is 0. The van der Waals surface area contributed by atoms with Crippen molar-refractivity contribution in [1.82, 2.24) is 9.55 Å². The average molecular weight is 293 g/mol. The molecule has 3 nitrogen and oxygen atoms in total. The highest BCUT2D eigenvalue weighted by molar-refractivity contribution is 5.71. The molecule has 0 unspecified atom stereocenters. The lowest BCUT2D eigenvalue weighted by molar-refractivity contribution is 0.498. The molecule has 1 aromatic carbocycles. The van der Waals surface area contributed by atoms with E-state index in [4.69, 9.17) is 5.73 Å². The van der Waals surface area contributed by atoms with Gasteiger partial charge in [-0.15, -0.1) is 0 Å². The van der Waals surface area contributed by atoms with Crippen LogP contribution in [0.4, 0.5) is 14.6 Å². The lowest BCUT2D eigenvalue weighted by atomic mass is 9.95. The summed E-state index contributed by atoms with van der Waals surface area (Å²) in [6.45, 7) is 8.86. The maximum Gasteiger partial charge on any atom is 0.135 e. The van der Waals surface area contributed by atoms with Crippen LogP contribution in [-0.4, -0.2) is 9.55 Å². The van der Waals surface area contributed by atoms with E-state index in [1.54, 1.807) is 0 Å². The van der Waals surface area contributed by atoms with Gasteiger partial charge in [0.25, 0.3) is 0 Å². The van der Waals surface area contributed by atoms with E-state index in [9.17, 15) is 8.78 Å². The van der Waals surface area contributed by atoms with Gasteiger partial charge in [-0.25, -0.2) is 13.8 Å². The number of halogens is 2. The van der Waals surface area contributed by atoms with Crippen LogP contribution in [0, 0.1) is 11.6 Å². The first-order valence-corrected chi connectivity index (χ1v) is 7.07. The highest BCUT2D eigenvalue weighted by Crippen LogP contribution is 2.33. The molecule has 0 fully saturated rings. The fourth-order valence-corrected chi connectivity index (χ4v) is 2.37. The van der Waals surface area contributed by atoms with Gasteiger partial charge in [-0.2, -0.15) is 0 Å². The summed E-state index contributed by atoms with van der Waals surface area (Å²) in [5.74, 6) is -0.0324. The molecule has 0 aliphatic carbocycles. The minimum atomic E-state index is -0.650. The summed E-state index contributed by atoms with van der Waals surface area (Å²) in [7, 11) is 0.